The Morgan fingerprint density at radius 1 is 1.25 bits per heavy atom. The lowest BCUT2D eigenvalue weighted by molar-refractivity contribution is -0.130. The topological polar surface area (TPSA) is 107 Å². The van der Waals surface area contributed by atoms with E-state index in [4.69, 9.17) is 16.3 Å². The van der Waals surface area contributed by atoms with Crippen LogP contribution in [0.3, 0.4) is 0 Å². The fourth-order valence-corrected chi connectivity index (χ4v) is 1.83. The Kier molecular flexibility index (Phi) is 4.73. The highest BCUT2D eigenvalue weighted by Gasteiger charge is 2.28. The molecular formula is C14H21N3O3. The SMILES string of the molecule is Cc1cc(C(N)=O)cc(C)c1OCC(C)(C)C(=O)NN. The minimum atomic E-state index is -0.754. The molecule has 0 fully saturated rings. The Labute approximate surface area is 118 Å². The van der Waals surface area contributed by atoms with Crippen LogP contribution in [0.1, 0.15) is 35.3 Å². The van der Waals surface area contributed by atoms with Crippen LogP contribution >= 0.6 is 0 Å². The normalized spacial score (nSPS) is 11.1. The van der Waals surface area contributed by atoms with E-state index in [0.29, 0.717) is 11.3 Å². The number of amides is 2. The fraction of sp³-hybridized carbons (Fsp3) is 0.429. The van der Waals surface area contributed by atoms with E-state index in [9.17, 15) is 9.59 Å². The summed E-state index contributed by atoms with van der Waals surface area (Å²) in [5, 5.41) is 0. The van der Waals surface area contributed by atoms with Crippen LogP contribution in [0.25, 0.3) is 0 Å². The number of ether oxygens (including phenoxy) is 1. The lowest BCUT2D eigenvalue weighted by Gasteiger charge is -2.24. The van der Waals surface area contributed by atoms with Gasteiger partial charge in [0.15, 0.2) is 0 Å². The second kappa shape index (κ2) is 5.92. The zero-order chi connectivity index (χ0) is 15.5. The summed E-state index contributed by atoms with van der Waals surface area (Å²) in [4.78, 5) is 22.8. The van der Waals surface area contributed by atoms with Crippen molar-refractivity contribution >= 4 is 11.8 Å². The maximum atomic E-state index is 11.6. The second-order valence-electron chi connectivity index (χ2n) is 5.45. The molecule has 2 amide bonds. The molecule has 20 heavy (non-hydrogen) atoms. The van der Waals surface area contributed by atoms with Crippen LogP contribution in [-0.2, 0) is 4.79 Å². The van der Waals surface area contributed by atoms with Crippen LogP contribution in [0, 0.1) is 19.3 Å². The van der Waals surface area contributed by atoms with Crippen LogP contribution in [-0.4, -0.2) is 18.4 Å². The van der Waals surface area contributed by atoms with Gasteiger partial charge in [-0.2, -0.15) is 0 Å². The Hall–Kier alpha value is -2.08. The molecule has 0 spiro atoms. The van der Waals surface area contributed by atoms with Crippen molar-refractivity contribution < 1.29 is 14.3 Å². The van der Waals surface area contributed by atoms with Crippen LogP contribution in [0.4, 0.5) is 0 Å². The van der Waals surface area contributed by atoms with E-state index in [-0.39, 0.29) is 12.5 Å². The van der Waals surface area contributed by atoms with Crippen molar-refractivity contribution in [3.63, 3.8) is 0 Å². The van der Waals surface area contributed by atoms with Crippen molar-refractivity contribution in [2.24, 2.45) is 17.0 Å². The van der Waals surface area contributed by atoms with Crippen LogP contribution in [0.15, 0.2) is 12.1 Å². The van der Waals surface area contributed by atoms with Gasteiger partial charge in [0.1, 0.15) is 12.4 Å². The molecule has 1 aromatic carbocycles. The number of primary amides is 1. The molecule has 0 saturated heterocycles. The smallest absolute Gasteiger partial charge is 0.248 e. The van der Waals surface area contributed by atoms with Gasteiger partial charge >= 0.3 is 0 Å². The largest absolute Gasteiger partial charge is 0.492 e. The molecule has 0 saturated carbocycles. The molecule has 1 rings (SSSR count). The summed E-state index contributed by atoms with van der Waals surface area (Å²) < 4.78 is 5.72. The van der Waals surface area contributed by atoms with Crippen LogP contribution < -0.4 is 21.7 Å². The molecule has 6 nitrogen and oxygen atoms in total. The monoisotopic (exact) mass is 279 g/mol. The first-order valence-electron chi connectivity index (χ1n) is 6.24. The van der Waals surface area contributed by atoms with Gasteiger partial charge in [0.05, 0.1) is 5.41 Å². The predicted octanol–water partition coefficient (Wildman–Crippen LogP) is 0.797. The van der Waals surface area contributed by atoms with Crippen molar-refractivity contribution in [2.75, 3.05) is 6.61 Å². The summed E-state index contributed by atoms with van der Waals surface area (Å²) in [6.45, 7) is 7.29. The maximum absolute atomic E-state index is 11.6. The molecule has 110 valence electrons. The van der Waals surface area contributed by atoms with Crippen molar-refractivity contribution in [1.29, 1.82) is 0 Å². The second-order valence-corrected chi connectivity index (χ2v) is 5.45. The van der Waals surface area contributed by atoms with Gasteiger partial charge in [-0.15, -0.1) is 0 Å². The first-order chi connectivity index (χ1) is 9.19. The van der Waals surface area contributed by atoms with E-state index < -0.39 is 11.3 Å². The number of nitrogens with one attached hydrogen (secondary N) is 1. The molecule has 0 bridgehead atoms. The Morgan fingerprint density at radius 2 is 1.75 bits per heavy atom. The van der Waals surface area contributed by atoms with E-state index in [2.05, 4.69) is 5.43 Å². The molecule has 0 heterocycles. The van der Waals surface area contributed by atoms with Gasteiger partial charge in [-0.3, -0.25) is 15.0 Å². The molecule has 0 aliphatic rings. The zero-order valence-electron chi connectivity index (χ0n) is 12.2. The fourth-order valence-electron chi connectivity index (χ4n) is 1.83. The Balaban J connectivity index is 2.94. The van der Waals surface area contributed by atoms with Gasteiger partial charge in [-0.05, 0) is 51.0 Å². The summed E-state index contributed by atoms with van der Waals surface area (Å²) >= 11 is 0. The number of hydrazine groups is 1. The molecule has 0 aromatic heterocycles. The quantitative estimate of drug-likeness (QED) is 0.421. The number of hydrogen-bond acceptors (Lipinski definition) is 4. The molecule has 6 heteroatoms. The molecule has 5 N–H and O–H groups in total. The van der Waals surface area contributed by atoms with Gasteiger partial charge in [-0.1, -0.05) is 0 Å². The van der Waals surface area contributed by atoms with Gasteiger partial charge in [-0.25, -0.2) is 5.84 Å². The first kappa shape index (κ1) is 16.0. The van der Waals surface area contributed by atoms with Gasteiger partial charge in [0.25, 0.3) is 0 Å². The minimum absolute atomic E-state index is 0.174. The van der Waals surface area contributed by atoms with Gasteiger partial charge in [0.2, 0.25) is 11.8 Å². The van der Waals surface area contributed by atoms with E-state index >= 15 is 0 Å². The number of aryl methyl sites for hydroxylation is 2. The van der Waals surface area contributed by atoms with E-state index in [0.717, 1.165) is 11.1 Å². The van der Waals surface area contributed by atoms with E-state index in [1.165, 1.54) is 0 Å². The maximum Gasteiger partial charge on any atom is 0.248 e. The zero-order valence-corrected chi connectivity index (χ0v) is 12.2. The molecule has 0 unspecified atom stereocenters. The van der Waals surface area contributed by atoms with E-state index in [1.54, 1.807) is 26.0 Å². The third-order valence-corrected chi connectivity index (χ3v) is 3.07. The molecule has 0 aliphatic carbocycles. The number of benzene rings is 1. The van der Waals surface area contributed by atoms with Gasteiger partial charge < -0.3 is 10.5 Å². The van der Waals surface area contributed by atoms with Gasteiger partial charge in [0, 0.05) is 5.56 Å². The number of hydrogen-bond donors (Lipinski definition) is 3. The average Bonchev–Trinajstić information content (AvgIpc) is 2.36. The third kappa shape index (κ3) is 3.48. The highest BCUT2D eigenvalue weighted by atomic mass is 16.5. The molecular weight excluding hydrogens is 258 g/mol. The Bertz CT molecular complexity index is 515. The van der Waals surface area contributed by atoms with E-state index in [1.807, 2.05) is 13.8 Å². The third-order valence-electron chi connectivity index (χ3n) is 3.07. The minimum Gasteiger partial charge on any atom is -0.492 e. The van der Waals surface area contributed by atoms with Crippen molar-refractivity contribution in [3.8, 4) is 5.75 Å². The predicted molar refractivity (Wildman–Crippen MR) is 76.0 cm³/mol. The summed E-state index contributed by atoms with van der Waals surface area (Å²) in [5.41, 5.74) is 8.64. The summed E-state index contributed by atoms with van der Waals surface area (Å²) in [5.74, 6) is 4.99. The lowest BCUT2D eigenvalue weighted by Crippen LogP contribution is -2.44. The highest BCUT2D eigenvalue weighted by Crippen LogP contribution is 2.27. The molecule has 0 aliphatic heterocycles. The average molecular weight is 279 g/mol. The number of rotatable bonds is 5. The summed E-state index contributed by atoms with van der Waals surface area (Å²) in [7, 11) is 0. The van der Waals surface area contributed by atoms with Crippen molar-refractivity contribution in [2.45, 2.75) is 27.7 Å². The lowest BCUT2D eigenvalue weighted by atomic mass is 9.94. The number of nitrogens with two attached hydrogens (primary N) is 2. The standard InChI is InChI=1S/C14H21N3O3/c1-8-5-10(12(15)18)6-9(2)11(8)20-7-14(3,4)13(19)17-16/h5-6H,7,16H2,1-4H3,(H2,15,18)(H,17,19). The first-order valence-corrected chi connectivity index (χ1v) is 6.24. The number of carbonyl (C=O) groups is 2. The summed E-state index contributed by atoms with van der Waals surface area (Å²) in [6, 6.07) is 3.33. The van der Waals surface area contributed by atoms with Crippen LogP contribution in [0.2, 0.25) is 0 Å². The van der Waals surface area contributed by atoms with Crippen molar-refractivity contribution in [3.05, 3.63) is 28.8 Å². The molecule has 1 aromatic rings. The number of carbonyl (C=O) groups excluding carboxylic acids is 2. The highest BCUT2D eigenvalue weighted by molar-refractivity contribution is 5.93. The Morgan fingerprint density at radius 3 is 2.15 bits per heavy atom. The molecule has 0 atom stereocenters. The summed E-state index contributed by atoms with van der Waals surface area (Å²) in [6.07, 6.45) is 0. The van der Waals surface area contributed by atoms with Crippen molar-refractivity contribution in [1.82, 2.24) is 5.43 Å². The molecule has 0 radical (unpaired) electrons. The van der Waals surface area contributed by atoms with Crippen LogP contribution in [0.5, 0.6) is 5.75 Å².